The van der Waals surface area contributed by atoms with Crippen LogP contribution in [0.1, 0.15) is 19.3 Å². The van der Waals surface area contributed by atoms with Gasteiger partial charge in [0, 0.05) is 0 Å². The van der Waals surface area contributed by atoms with E-state index in [9.17, 15) is 31.5 Å². The summed E-state index contributed by atoms with van der Waals surface area (Å²) in [6.07, 6.45) is -0.537. The molecule has 0 atom stereocenters. The second-order valence-electron chi connectivity index (χ2n) is 4.09. The Bertz CT molecular complexity index is 485. The first-order chi connectivity index (χ1) is 10.0. The molecular formula is C10H15F3NO7S-. The van der Waals surface area contributed by atoms with Crippen LogP contribution in [0.3, 0.4) is 0 Å². The molecule has 0 amide bonds. The predicted octanol–water partition coefficient (Wildman–Crippen LogP) is -1.09. The Morgan fingerprint density at radius 2 is 1.77 bits per heavy atom. The maximum absolute atomic E-state index is 11.9. The maximum Gasteiger partial charge on any atom is 0.518 e. The van der Waals surface area contributed by atoms with E-state index in [0.717, 1.165) is 0 Å². The molecule has 0 fully saturated rings. The number of carbonyl (C=O) groups is 1. The van der Waals surface area contributed by atoms with E-state index >= 15 is 0 Å². The molecule has 0 radical (unpaired) electrons. The van der Waals surface area contributed by atoms with E-state index in [0.29, 0.717) is 0 Å². The molecule has 0 spiro atoms. The maximum atomic E-state index is 11.9. The second-order valence-corrected chi connectivity index (χ2v) is 5.69. The first-order valence-electron chi connectivity index (χ1n) is 6.00. The molecule has 8 nitrogen and oxygen atoms in total. The lowest BCUT2D eigenvalue weighted by Gasteiger charge is -2.12. The van der Waals surface area contributed by atoms with E-state index in [4.69, 9.17) is 10.2 Å². The van der Waals surface area contributed by atoms with Crippen molar-refractivity contribution in [3.05, 3.63) is 0 Å². The minimum Gasteiger partial charge on any atom is -0.861 e. The zero-order valence-corrected chi connectivity index (χ0v) is 12.1. The molecule has 0 aromatic rings. The summed E-state index contributed by atoms with van der Waals surface area (Å²) < 4.78 is 63.6. The number of halogens is 3. The van der Waals surface area contributed by atoms with Crippen LogP contribution >= 0.6 is 0 Å². The molecule has 0 saturated heterocycles. The lowest BCUT2D eigenvalue weighted by Crippen LogP contribution is -2.27. The Labute approximate surface area is 124 Å². The molecule has 0 aliphatic carbocycles. The monoisotopic (exact) mass is 350 g/mol. The molecule has 130 valence electrons. The molecule has 0 heterocycles. The highest BCUT2D eigenvalue weighted by atomic mass is 32.2. The van der Waals surface area contributed by atoms with Gasteiger partial charge in [0.1, 0.15) is 5.92 Å². The standard InChI is InChI=1S/C10H16F3NO7S/c11-10(12,13)22(19,20)14-8(17)3-1-2-4-21-9(18)7(5-15)6-16/h7,15-16H,1-6H2,(H,14,17)/p-1. The number of aliphatic hydroxyl groups is 2. The highest BCUT2D eigenvalue weighted by molar-refractivity contribution is 7.91. The van der Waals surface area contributed by atoms with Gasteiger partial charge >= 0.3 is 21.5 Å². The van der Waals surface area contributed by atoms with Crippen LogP contribution in [0, 0.1) is 5.92 Å². The Balaban J connectivity index is 4.15. The van der Waals surface area contributed by atoms with Crippen LogP contribution in [0.4, 0.5) is 13.2 Å². The summed E-state index contributed by atoms with van der Waals surface area (Å²) in [5.74, 6) is -3.40. The fourth-order valence-corrected chi connectivity index (χ4v) is 1.57. The van der Waals surface area contributed by atoms with E-state index in [2.05, 4.69) is 9.13 Å². The number of aliphatic hydroxyl groups excluding tert-OH is 2. The third kappa shape index (κ3) is 7.04. The van der Waals surface area contributed by atoms with E-state index in [1.54, 1.807) is 0 Å². The summed E-state index contributed by atoms with van der Waals surface area (Å²) in [5, 5.41) is 28.3. The number of esters is 1. The number of rotatable bonds is 9. The van der Waals surface area contributed by atoms with E-state index < -0.39 is 53.0 Å². The van der Waals surface area contributed by atoms with Gasteiger partial charge in [0.25, 0.3) is 0 Å². The molecule has 0 saturated carbocycles. The van der Waals surface area contributed by atoms with Crippen molar-refractivity contribution < 1.29 is 46.4 Å². The van der Waals surface area contributed by atoms with Crippen LogP contribution in [-0.4, -0.2) is 55.8 Å². The summed E-state index contributed by atoms with van der Waals surface area (Å²) in [6, 6.07) is 0. The molecule has 22 heavy (non-hydrogen) atoms. The summed E-state index contributed by atoms with van der Waals surface area (Å²) >= 11 is 0. The quantitative estimate of drug-likeness (QED) is 0.233. The van der Waals surface area contributed by atoms with Crippen molar-refractivity contribution in [2.45, 2.75) is 24.8 Å². The fourth-order valence-electron chi connectivity index (χ4n) is 1.11. The predicted molar refractivity (Wildman–Crippen MR) is 64.9 cm³/mol. The SMILES string of the molecule is O=C(OCCCC/C([O-])=N/S(=O)(=O)C(F)(F)F)C(CO)CO. The van der Waals surface area contributed by atoms with Crippen LogP contribution in [0.5, 0.6) is 0 Å². The van der Waals surface area contributed by atoms with E-state index in [1.165, 1.54) is 0 Å². The number of hydrogen-bond acceptors (Lipinski definition) is 7. The lowest BCUT2D eigenvalue weighted by atomic mass is 10.2. The Morgan fingerprint density at radius 1 is 1.23 bits per heavy atom. The van der Waals surface area contributed by atoms with Crippen LogP contribution in [0.15, 0.2) is 4.40 Å². The van der Waals surface area contributed by atoms with Gasteiger partial charge in [-0.25, -0.2) is 0 Å². The summed E-state index contributed by atoms with van der Waals surface area (Å²) in [5.41, 5.74) is -5.62. The average molecular weight is 350 g/mol. The fraction of sp³-hybridized carbons (Fsp3) is 0.800. The van der Waals surface area contributed by atoms with Crippen LogP contribution < -0.4 is 5.11 Å². The molecule has 12 heteroatoms. The molecule has 0 aliphatic rings. The second kappa shape index (κ2) is 8.90. The molecule has 2 N–H and O–H groups in total. The van der Waals surface area contributed by atoms with Crippen LogP contribution in [0.2, 0.25) is 0 Å². The third-order valence-corrected chi connectivity index (χ3v) is 3.35. The Hall–Kier alpha value is -1.40. The van der Waals surface area contributed by atoms with Crippen molar-refractivity contribution in [2.24, 2.45) is 10.3 Å². The number of alkyl halides is 3. The van der Waals surface area contributed by atoms with Gasteiger partial charge in [0.15, 0.2) is 0 Å². The molecule has 0 unspecified atom stereocenters. The smallest absolute Gasteiger partial charge is 0.518 e. The van der Waals surface area contributed by atoms with Crippen molar-refractivity contribution in [3.8, 4) is 0 Å². The highest BCUT2D eigenvalue weighted by Crippen LogP contribution is 2.24. The Kier molecular flexibility index (Phi) is 8.34. The van der Waals surface area contributed by atoms with Gasteiger partial charge in [0.2, 0.25) is 0 Å². The molecule has 0 aromatic carbocycles. The Morgan fingerprint density at radius 3 is 2.23 bits per heavy atom. The average Bonchev–Trinajstić information content (AvgIpc) is 2.37. The van der Waals surface area contributed by atoms with Crippen LogP contribution in [0.25, 0.3) is 0 Å². The number of hydrogen-bond donors (Lipinski definition) is 2. The number of sulfonamides is 1. The summed E-state index contributed by atoms with van der Waals surface area (Å²) in [6.45, 7) is -1.42. The van der Waals surface area contributed by atoms with Gasteiger partial charge in [-0.3, -0.25) is 4.79 Å². The zero-order valence-electron chi connectivity index (χ0n) is 11.2. The minimum atomic E-state index is -5.84. The topological polar surface area (TPSA) is 136 Å². The molecule has 0 rings (SSSR count). The van der Waals surface area contributed by atoms with Crippen molar-refractivity contribution in [1.29, 1.82) is 0 Å². The lowest BCUT2D eigenvalue weighted by molar-refractivity contribution is -0.218. The van der Waals surface area contributed by atoms with Crippen molar-refractivity contribution in [2.75, 3.05) is 19.8 Å². The molecule has 0 aromatic heterocycles. The van der Waals surface area contributed by atoms with Gasteiger partial charge in [0.05, 0.1) is 19.8 Å². The van der Waals surface area contributed by atoms with Crippen molar-refractivity contribution in [3.63, 3.8) is 0 Å². The summed E-state index contributed by atoms with van der Waals surface area (Å²) in [4.78, 5) is 11.2. The first-order valence-corrected chi connectivity index (χ1v) is 7.44. The van der Waals surface area contributed by atoms with E-state index in [1.807, 2.05) is 0 Å². The van der Waals surface area contributed by atoms with Gasteiger partial charge < -0.3 is 20.1 Å². The van der Waals surface area contributed by atoms with Gasteiger partial charge in [-0.15, -0.1) is 0 Å². The number of unbranched alkanes of at least 4 members (excludes halogenated alkanes) is 1. The number of nitrogens with zero attached hydrogens (tertiary/aromatic N) is 1. The summed E-state index contributed by atoms with van der Waals surface area (Å²) in [7, 11) is -5.84. The van der Waals surface area contributed by atoms with Crippen molar-refractivity contribution >= 4 is 21.9 Å². The van der Waals surface area contributed by atoms with Gasteiger partial charge in [-0.05, 0) is 25.2 Å². The number of ether oxygens (including phenoxy) is 1. The zero-order chi connectivity index (χ0) is 17.4. The van der Waals surface area contributed by atoms with E-state index in [-0.39, 0.29) is 19.4 Å². The highest BCUT2D eigenvalue weighted by Gasteiger charge is 2.45. The first kappa shape index (κ1) is 20.6. The largest absolute Gasteiger partial charge is 0.861 e. The molecular weight excluding hydrogens is 335 g/mol. The van der Waals surface area contributed by atoms with Gasteiger partial charge in [-0.1, -0.05) is 0 Å². The molecule has 0 bridgehead atoms. The van der Waals surface area contributed by atoms with Crippen LogP contribution in [-0.2, 0) is 19.6 Å². The normalized spacial score (nSPS) is 13.5. The third-order valence-electron chi connectivity index (χ3n) is 2.32. The molecule has 0 aliphatic heterocycles. The number of carbonyl (C=O) groups excluding carboxylic acids is 1. The van der Waals surface area contributed by atoms with Crippen molar-refractivity contribution in [1.82, 2.24) is 0 Å². The minimum absolute atomic E-state index is 0.0497. The van der Waals surface area contributed by atoms with Gasteiger partial charge in [-0.2, -0.15) is 26.0 Å².